The Morgan fingerprint density at radius 1 is 1.59 bits per heavy atom. The van der Waals surface area contributed by atoms with E-state index in [1.807, 2.05) is 4.72 Å². The molecule has 9 heteroatoms. The topological polar surface area (TPSA) is 120 Å². The van der Waals surface area contributed by atoms with Crippen LogP contribution in [-0.4, -0.2) is 34.6 Å². The van der Waals surface area contributed by atoms with Crippen LogP contribution in [0.5, 0.6) is 0 Å². The van der Waals surface area contributed by atoms with Crippen LogP contribution < -0.4 is 10.5 Å². The molecule has 2 rings (SSSR count). The molecule has 0 aromatic carbocycles. The molecule has 0 unspecified atom stereocenters. The molecule has 1 saturated carbocycles. The summed E-state index contributed by atoms with van der Waals surface area (Å²) in [7, 11) is -3.49. The number of amides is 1. The fraction of sp³-hybridized carbons (Fsp3) is 0.625. The number of rotatable bonds is 5. The van der Waals surface area contributed by atoms with E-state index >= 15 is 0 Å². The highest BCUT2D eigenvalue weighted by atomic mass is 32.2. The van der Waals surface area contributed by atoms with Gasteiger partial charge in [0.2, 0.25) is 10.0 Å². The van der Waals surface area contributed by atoms with Crippen LogP contribution in [0, 0.1) is 0 Å². The highest BCUT2D eigenvalue weighted by molar-refractivity contribution is 7.90. The van der Waals surface area contributed by atoms with E-state index in [1.165, 1.54) is 10.9 Å². The maximum atomic E-state index is 11.5. The number of nitrogens with two attached hydrogens (primary N) is 1. The predicted molar refractivity (Wildman–Crippen MR) is 58.0 cm³/mol. The molecule has 0 aliphatic heterocycles. The number of aromatic nitrogens is 3. The van der Waals surface area contributed by atoms with Crippen molar-refractivity contribution in [1.29, 1.82) is 0 Å². The highest BCUT2D eigenvalue weighted by Gasteiger charge is 2.36. The Balaban J connectivity index is 1.93. The lowest BCUT2D eigenvalue weighted by atomic mass is 10.5. The van der Waals surface area contributed by atoms with Gasteiger partial charge in [0.05, 0.1) is 17.1 Å². The van der Waals surface area contributed by atoms with Gasteiger partial charge in [-0.25, -0.2) is 13.1 Å². The second-order valence-electron chi connectivity index (χ2n) is 3.88. The third-order valence-corrected chi connectivity index (χ3v) is 4.18. The fourth-order valence-corrected chi connectivity index (χ4v) is 2.61. The standard InChI is InChI=1S/C8H13N5O3S/c9-3-6-4-13(12-10-6)5-8(14)11-17(15,16)7-1-2-7/h4,7H,1-3,5,9H2,(H,11,14). The largest absolute Gasteiger partial charge is 0.325 e. The fourth-order valence-electron chi connectivity index (χ4n) is 1.31. The Labute approximate surface area is 98.2 Å². The van der Waals surface area contributed by atoms with Gasteiger partial charge in [0.15, 0.2) is 0 Å². The van der Waals surface area contributed by atoms with Crippen LogP contribution in [0.1, 0.15) is 18.5 Å². The van der Waals surface area contributed by atoms with Crippen molar-refractivity contribution in [3.8, 4) is 0 Å². The summed E-state index contributed by atoms with van der Waals surface area (Å²) >= 11 is 0. The van der Waals surface area contributed by atoms with E-state index in [9.17, 15) is 13.2 Å². The first-order chi connectivity index (χ1) is 8.01. The Bertz CT molecular complexity index is 519. The number of hydrogen-bond donors (Lipinski definition) is 2. The predicted octanol–water partition coefficient (Wildman–Crippen LogP) is -1.65. The summed E-state index contributed by atoms with van der Waals surface area (Å²) in [6, 6.07) is 0. The summed E-state index contributed by atoms with van der Waals surface area (Å²) in [6.45, 7) is 0.0426. The van der Waals surface area contributed by atoms with Gasteiger partial charge in [-0.1, -0.05) is 5.21 Å². The van der Waals surface area contributed by atoms with Crippen molar-refractivity contribution in [2.24, 2.45) is 5.73 Å². The van der Waals surface area contributed by atoms with E-state index in [-0.39, 0.29) is 13.1 Å². The molecular formula is C8H13N5O3S. The van der Waals surface area contributed by atoms with Gasteiger partial charge in [-0.3, -0.25) is 9.52 Å². The van der Waals surface area contributed by atoms with Gasteiger partial charge in [-0.2, -0.15) is 0 Å². The van der Waals surface area contributed by atoms with Gasteiger partial charge in [-0.05, 0) is 12.8 Å². The van der Waals surface area contributed by atoms with E-state index in [0.29, 0.717) is 18.5 Å². The first-order valence-electron chi connectivity index (χ1n) is 5.15. The highest BCUT2D eigenvalue weighted by Crippen LogP contribution is 2.27. The van der Waals surface area contributed by atoms with Crippen LogP contribution in [0.15, 0.2) is 6.20 Å². The minimum atomic E-state index is -3.49. The number of nitrogens with zero attached hydrogens (tertiary/aromatic N) is 3. The van der Waals surface area contributed by atoms with Crippen molar-refractivity contribution < 1.29 is 13.2 Å². The summed E-state index contributed by atoms with van der Waals surface area (Å²) in [6.07, 6.45) is 2.73. The van der Waals surface area contributed by atoms with Gasteiger partial charge >= 0.3 is 0 Å². The van der Waals surface area contributed by atoms with Gasteiger partial charge < -0.3 is 5.73 Å². The van der Waals surface area contributed by atoms with Crippen LogP contribution in [-0.2, 0) is 27.9 Å². The molecule has 1 aliphatic rings. The monoisotopic (exact) mass is 259 g/mol. The minimum absolute atomic E-state index is 0.182. The van der Waals surface area contributed by atoms with E-state index in [2.05, 4.69) is 10.3 Å². The summed E-state index contributed by atoms with van der Waals surface area (Å²) < 4.78 is 26.2. The van der Waals surface area contributed by atoms with Gasteiger partial charge in [0, 0.05) is 6.54 Å². The van der Waals surface area contributed by atoms with E-state index in [1.54, 1.807) is 0 Å². The van der Waals surface area contributed by atoms with Crippen LogP contribution in [0.2, 0.25) is 0 Å². The van der Waals surface area contributed by atoms with E-state index < -0.39 is 21.2 Å². The molecule has 1 aromatic rings. The zero-order chi connectivity index (χ0) is 12.5. The lowest BCUT2D eigenvalue weighted by molar-refractivity contribution is -0.120. The molecule has 0 radical (unpaired) electrons. The molecule has 0 bridgehead atoms. The Morgan fingerprint density at radius 3 is 2.82 bits per heavy atom. The Kier molecular flexibility index (Phi) is 3.11. The summed E-state index contributed by atoms with van der Waals surface area (Å²) in [4.78, 5) is 11.4. The molecule has 1 fully saturated rings. The molecule has 1 aliphatic carbocycles. The normalized spacial score (nSPS) is 15.8. The molecule has 1 aromatic heterocycles. The molecule has 1 amide bonds. The summed E-state index contributed by atoms with van der Waals surface area (Å²) in [5.74, 6) is -0.620. The molecule has 17 heavy (non-hydrogen) atoms. The maximum absolute atomic E-state index is 11.5. The number of carbonyl (C=O) groups is 1. The smallest absolute Gasteiger partial charge is 0.255 e. The number of carbonyl (C=O) groups excluding carboxylic acids is 1. The minimum Gasteiger partial charge on any atom is -0.325 e. The number of nitrogens with one attached hydrogen (secondary N) is 1. The van der Waals surface area contributed by atoms with E-state index in [0.717, 1.165) is 0 Å². The van der Waals surface area contributed by atoms with Crippen LogP contribution >= 0.6 is 0 Å². The molecule has 8 nitrogen and oxygen atoms in total. The van der Waals surface area contributed by atoms with Crippen molar-refractivity contribution >= 4 is 15.9 Å². The van der Waals surface area contributed by atoms with Crippen molar-refractivity contribution in [2.45, 2.75) is 31.2 Å². The lowest BCUT2D eigenvalue weighted by Crippen LogP contribution is -2.35. The van der Waals surface area contributed by atoms with Gasteiger partial charge in [-0.15, -0.1) is 5.10 Å². The van der Waals surface area contributed by atoms with Crippen LogP contribution in [0.3, 0.4) is 0 Å². The average Bonchev–Trinajstić information content (AvgIpc) is 3.01. The molecule has 0 spiro atoms. The van der Waals surface area contributed by atoms with Crippen molar-refractivity contribution in [2.75, 3.05) is 0 Å². The molecule has 1 heterocycles. The number of hydrogen-bond acceptors (Lipinski definition) is 6. The van der Waals surface area contributed by atoms with Crippen molar-refractivity contribution in [3.05, 3.63) is 11.9 Å². The van der Waals surface area contributed by atoms with Crippen molar-refractivity contribution in [3.63, 3.8) is 0 Å². The summed E-state index contributed by atoms with van der Waals surface area (Å²) in [5.41, 5.74) is 5.88. The van der Waals surface area contributed by atoms with E-state index in [4.69, 9.17) is 5.73 Å². The quantitative estimate of drug-likeness (QED) is 0.653. The SMILES string of the molecule is NCc1cn(CC(=O)NS(=O)(=O)C2CC2)nn1. The second kappa shape index (κ2) is 4.41. The van der Waals surface area contributed by atoms with Gasteiger partial charge in [0.1, 0.15) is 6.54 Å². The Morgan fingerprint density at radius 2 is 2.29 bits per heavy atom. The zero-order valence-corrected chi connectivity index (χ0v) is 9.85. The molecule has 0 atom stereocenters. The molecule has 94 valence electrons. The first kappa shape index (κ1) is 12.0. The van der Waals surface area contributed by atoms with Crippen molar-refractivity contribution in [1.82, 2.24) is 19.7 Å². The molecule has 3 N–H and O–H groups in total. The number of sulfonamides is 1. The summed E-state index contributed by atoms with van der Waals surface area (Å²) in [5, 5.41) is 6.92. The van der Waals surface area contributed by atoms with Crippen LogP contribution in [0.4, 0.5) is 0 Å². The molecular weight excluding hydrogens is 246 g/mol. The average molecular weight is 259 g/mol. The Hall–Kier alpha value is -1.48. The third kappa shape index (κ3) is 3.01. The lowest BCUT2D eigenvalue weighted by Gasteiger charge is -2.04. The zero-order valence-electron chi connectivity index (χ0n) is 9.04. The molecule has 0 saturated heterocycles. The maximum Gasteiger partial charge on any atom is 0.255 e. The second-order valence-corrected chi connectivity index (χ2v) is 5.84. The first-order valence-corrected chi connectivity index (χ1v) is 6.69. The van der Waals surface area contributed by atoms with Crippen LogP contribution in [0.25, 0.3) is 0 Å². The van der Waals surface area contributed by atoms with Gasteiger partial charge in [0.25, 0.3) is 5.91 Å². The third-order valence-electron chi connectivity index (χ3n) is 2.32.